The summed E-state index contributed by atoms with van der Waals surface area (Å²) in [5, 5.41) is 13.3. The summed E-state index contributed by atoms with van der Waals surface area (Å²) in [5.74, 6) is 0.389. The van der Waals surface area contributed by atoms with Gasteiger partial charge in [-0.3, -0.25) is 0 Å². The molecule has 1 aliphatic heterocycles. The van der Waals surface area contributed by atoms with E-state index in [2.05, 4.69) is 25.0 Å². The number of hydrogen-bond acceptors (Lipinski definition) is 9. The molecule has 3 heterocycles. The van der Waals surface area contributed by atoms with Gasteiger partial charge in [-0.2, -0.15) is 26.3 Å². The van der Waals surface area contributed by atoms with Crippen LogP contribution in [0.5, 0.6) is 5.88 Å². The molecule has 2 N–H and O–H groups in total. The minimum atomic E-state index is -5.39. The molecule has 1 fully saturated rings. The number of aliphatic hydroxyl groups is 1. The van der Waals surface area contributed by atoms with Crippen LogP contribution in [0.15, 0.2) is 24.5 Å². The van der Waals surface area contributed by atoms with E-state index < -0.39 is 28.2 Å². The fourth-order valence-corrected chi connectivity index (χ4v) is 4.23. The first-order chi connectivity index (χ1) is 15.9. The standard InChI is InChI=1S/C18H21F5N6O4S/c1-11-12(2-3-16(27-11)33-17(19)20)13(30)9-24-14-8-15(26-10-25-14)28-4-6-29(7-5-28)34(31,32)18(21,22)23/h2-3,8,10,13,17,30H,4-7,9H2,1H3,(H,24,25,26). The van der Waals surface area contributed by atoms with Crippen molar-refractivity contribution in [2.75, 3.05) is 42.9 Å². The van der Waals surface area contributed by atoms with Gasteiger partial charge in [-0.1, -0.05) is 0 Å². The van der Waals surface area contributed by atoms with E-state index in [0.717, 1.165) is 0 Å². The van der Waals surface area contributed by atoms with Gasteiger partial charge in [0.2, 0.25) is 5.88 Å². The Morgan fingerprint density at radius 2 is 1.85 bits per heavy atom. The Labute approximate surface area is 191 Å². The largest absolute Gasteiger partial charge is 0.511 e. The summed E-state index contributed by atoms with van der Waals surface area (Å²) in [6.07, 6.45) is 0.147. The number of piperazine rings is 1. The van der Waals surface area contributed by atoms with Crippen molar-refractivity contribution in [3.05, 3.63) is 35.8 Å². The van der Waals surface area contributed by atoms with E-state index >= 15 is 0 Å². The third kappa shape index (κ3) is 5.98. The van der Waals surface area contributed by atoms with Gasteiger partial charge in [-0.15, -0.1) is 0 Å². The van der Waals surface area contributed by atoms with Gasteiger partial charge in [-0.25, -0.2) is 23.4 Å². The van der Waals surface area contributed by atoms with E-state index in [0.29, 0.717) is 27.2 Å². The number of nitrogens with zero attached hydrogens (tertiary/aromatic N) is 5. The number of alkyl halides is 5. The first kappa shape index (κ1) is 25.8. The zero-order valence-corrected chi connectivity index (χ0v) is 18.5. The minimum Gasteiger partial charge on any atom is -0.417 e. The van der Waals surface area contributed by atoms with Crippen molar-refractivity contribution in [2.45, 2.75) is 25.1 Å². The maximum Gasteiger partial charge on any atom is 0.511 e. The van der Waals surface area contributed by atoms with Crippen molar-refractivity contribution < 1.29 is 40.2 Å². The lowest BCUT2D eigenvalue weighted by molar-refractivity contribution is -0.0530. The highest BCUT2D eigenvalue weighted by Crippen LogP contribution is 2.28. The quantitative estimate of drug-likeness (QED) is 0.511. The monoisotopic (exact) mass is 512 g/mol. The molecule has 0 aromatic carbocycles. The minimum absolute atomic E-state index is 0.00765. The summed E-state index contributed by atoms with van der Waals surface area (Å²) >= 11 is 0. The molecule has 0 radical (unpaired) electrons. The molecule has 1 unspecified atom stereocenters. The molecule has 3 rings (SSSR count). The molecule has 0 bridgehead atoms. The Kier molecular flexibility index (Phi) is 7.72. The number of aromatic nitrogens is 3. The Morgan fingerprint density at radius 3 is 2.44 bits per heavy atom. The number of aliphatic hydroxyl groups excluding tert-OH is 1. The molecular weight excluding hydrogens is 491 g/mol. The van der Waals surface area contributed by atoms with Gasteiger partial charge in [0, 0.05) is 56.1 Å². The van der Waals surface area contributed by atoms with Crippen LogP contribution < -0.4 is 15.0 Å². The molecule has 0 amide bonds. The van der Waals surface area contributed by atoms with Crippen LogP contribution in [0.1, 0.15) is 17.4 Å². The summed E-state index contributed by atoms with van der Waals surface area (Å²) in [6.45, 7) is -2.24. The van der Waals surface area contributed by atoms with Crippen LogP contribution in [0.3, 0.4) is 0 Å². The SMILES string of the molecule is Cc1nc(OC(F)F)ccc1C(O)CNc1cc(N2CCN(S(=O)(=O)C(F)(F)F)CC2)ncn1. The first-order valence-corrected chi connectivity index (χ1v) is 11.3. The molecule has 16 heteroatoms. The molecule has 2 aromatic heterocycles. The van der Waals surface area contributed by atoms with E-state index in [4.69, 9.17) is 0 Å². The lowest BCUT2D eigenvalue weighted by Gasteiger charge is -2.34. The predicted molar refractivity (Wildman–Crippen MR) is 110 cm³/mol. The van der Waals surface area contributed by atoms with E-state index in [1.54, 1.807) is 4.90 Å². The molecule has 10 nitrogen and oxygen atoms in total. The maximum absolute atomic E-state index is 12.7. The molecule has 0 aliphatic carbocycles. The van der Waals surface area contributed by atoms with Crippen LogP contribution in [0, 0.1) is 6.92 Å². The van der Waals surface area contributed by atoms with Gasteiger partial charge < -0.3 is 20.1 Å². The number of rotatable bonds is 8. The van der Waals surface area contributed by atoms with Gasteiger partial charge >= 0.3 is 22.1 Å². The maximum atomic E-state index is 12.7. The Balaban J connectivity index is 1.59. The van der Waals surface area contributed by atoms with E-state index in [9.17, 15) is 35.5 Å². The van der Waals surface area contributed by atoms with E-state index in [-0.39, 0.29) is 38.6 Å². The molecule has 0 spiro atoms. The van der Waals surface area contributed by atoms with Crippen molar-refractivity contribution in [3.63, 3.8) is 0 Å². The number of ether oxygens (including phenoxy) is 1. The summed E-state index contributed by atoms with van der Waals surface area (Å²) in [4.78, 5) is 13.6. The van der Waals surface area contributed by atoms with Crippen molar-refractivity contribution in [1.29, 1.82) is 0 Å². The number of nitrogens with one attached hydrogen (secondary N) is 1. The summed E-state index contributed by atoms with van der Waals surface area (Å²) in [5.41, 5.74) is -4.68. The number of anilines is 2. The molecule has 1 aliphatic rings. The Morgan fingerprint density at radius 1 is 1.18 bits per heavy atom. The summed E-state index contributed by atoms with van der Waals surface area (Å²) in [6, 6.07) is 4.12. The lowest BCUT2D eigenvalue weighted by atomic mass is 10.1. The molecular formula is C18H21F5N6O4S. The van der Waals surface area contributed by atoms with E-state index in [1.165, 1.54) is 31.5 Å². The van der Waals surface area contributed by atoms with E-state index in [1.807, 2.05) is 0 Å². The topological polar surface area (TPSA) is 121 Å². The van der Waals surface area contributed by atoms with Crippen LogP contribution in [-0.4, -0.2) is 77.6 Å². The fraction of sp³-hybridized carbons (Fsp3) is 0.500. The number of aryl methyl sites for hydroxylation is 1. The average molecular weight is 512 g/mol. The molecule has 2 aromatic rings. The zero-order chi connectivity index (χ0) is 25.1. The highest BCUT2D eigenvalue weighted by atomic mass is 32.2. The highest BCUT2D eigenvalue weighted by Gasteiger charge is 2.50. The van der Waals surface area contributed by atoms with Crippen molar-refractivity contribution in [2.24, 2.45) is 0 Å². The highest BCUT2D eigenvalue weighted by molar-refractivity contribution is 7.90. The number of halogens is 5. The molecule has 1 saturated heterocycles. The average Bonchev–Trinajstić information content (AvgIpc) is 2.76. The molecule has 0 saturated carbocycles. The van der Waals surface area contributed by atoms with Gasteiger partial charge in [0.15, 0.2) is 0 Å². The van der Waals surface area contributed by atoms with Gasteiger partial charge in [0.25, 0.3) is 0 Å². The van der Waals surface area contributed by atoms with Crippen molar-refractivity contribution >= 4 is 21.7 Å². The summed E-state index contributed by atoms with van der Waals surface area (Å²) in [7, 11) is -5.39. The second-order valence-electron chi connectivity index (χ2n) is 7.20. The van der Waals surface area contributed by atoms with Crippen LogP contribution in [-0.2, 0) is 10.0 Å². The number of pyridine rings is 1. The van der Waals surface area contributed by atoms with Crippen molar-refractivity contribution in [3.8, 4) is 5.88 Å². The predicted octanol–water partition coefficient (Wildman–Crippen LogP) is 1.90. The summed E-state index contributed by atoms with van der Waals surface area (Å²) < 4.78 is 90.4. The first-order valence-electron chi connectivity index (χ1n) is 9.86. The number of hydrogen-bond donors (Lipinski definition) is 2. The fourth-order valence-electron chi connectivity index (χ4n) is 3.29. The van der Waals surface area contributed by atoms with Crippen LogP contribution in [0.4, 0.5) is 33.6 Å². The lowest BCUT2D eigenvalue weighted by Crippen LogP contribution is -2.52. The van der Waals surface area contributed by atoms with Gasteiger partial charge in [-0.05, 0) is 13.0 Å². The molecule has 34 heavy (non-hydrogen) atoms. The Hall–Kier alpha value is -2.85. The third-order valence-electron chi connectivity index (χ3n) is 4.99. The van der Waals surface area contributed by atoms with Crippen LogP contribution in [0.2, 0.25) is 0 Å². The zero-order valence-electron chi connectivity index (χ0n) is 17.7. The Bertz CT molecular complexity index is 1100. The smallest absolute Gasteiger partial charge is 0.417 e. The normalized spacial score (nSPS) is 16.5. The van der Waals surface area contributed by atoms with Crippen LogP contribution in [0.25, 0.3) is 0 Å². The van der Waals surface area contributed by atoms with Gasteiger partial charge in [0.1, 0.15) is 18.0 Å². The molecule has 188 valence electrons. The van der Waals surface area contributed by atoms with Crippen LogP contribution >= 0.6 is 0 Å². The number of sulfonamides is 1. The van der Waals surface area contributed by atoms with Crippen molar-refractivity contribution in [1.82, 2.24) is 19.3 Å². The molecule has 1 atom stereocenters. The second kappa shape index (κ2) is 10.2. The van der Waals surface area contributed by atoms with Gasteiger partial charge in [0.05, 0.1) is 6.10 Å². The second-order valence-corrected chi connectivity index (χ2v) is 9.13. The third-order valence-corrected chi connectivity index (χ3v) is 6.62.